The molecule has 12 heavy (non-hydrogen) atoms. The molecule has 0 rings (SSSR count). The summed E-state index contributed by atoms with van der Waals surface area (Å²) in [5.41, 5.74) is 5.24. The van der Waals surface area contributed by atoms with Crippen LogP contribution >= 0.6 is 0 Å². The van der Waals surface area contributed by atoms with E-state index in [0.717, 1.165) is 6.42 Å². The van der Waals surface area contributed by atoms with E-state index in [0.29, 0.717) is 13.1 Å². The fourth-order valence-corrected chi connectivity index (χ4v) is 0.847. The Labute approximate surface area is 70.3 Å². The molecule has 0 bridgehead atoms. The molecule has 0 aromatic heterocycles. The van der Waals surface area contributed by atoms with Crippen LogP contribution in [0.15, 0.2) is 0 Å². The highest BCUT2D eigenvalue weighted by molar-refractivity contribution is 4.60. The standard InChI is InChI=1S/C7H15F3N2/c1-6(2-3-11)4-12-5-7(8,9)10/h6,12H,2-5,11H2,1H3. The van der Waals surface area contributed by atoms with Gasteiger partial charge in [0.2, 0.25) is 0 Å². The van der Waals surface area contributed by atoms with E-state index in [2.05, 4.69) is 5.32 Å². The monoisotopic (exact) mass is 184 g/mol. The molecule has 0 spiro atoms. The summed E-state index contributed by atoms with van der Waals surface area (Å²) in [5, 5.41) is 2.33. The molecule has 0 aromatic carbocycles. The highest BCUT2D eigenvalue weighted by Crippen LogP contribution is 2.12. The lowest BCUT2D eigenvalue weighted by molar-refractivity contribution is -0.125. The molecular weight excluding hydrogens is 169 g/mol. The number of hydrogen-bond acceptors (Lipinski definition) is 2. The van der Waals surface area contributed by atoms with Gasteiger partial charge in [0.1, 0.15) is 0 Å². The number of nitrogens with two attached hydrogens (primary N) is 1. The van der Waals surface area contributed by atoms with Crippen LogP contribution in [0.25, 0.3) is 0 Å². The zero-order valence-corrected chi connectivity index (χ0v) is 7.12. The third kappa shape index (κ3) is 7.81. The highest BCUT2D eigenvalue weighted by Gasteiger charge is 2.26. The van der Waals surface area contributed by atoms with Gasteiger partial charge in [0.15, 0.2) is 0 Å². The Kier molecular flexibility index (Phi) is 5.24. The second-order valence-corrected chi connectivity index (χ2v) is 2.93. The van der Waals surface area contributed by atoms with Crippen molar-refractivity contribution in [2.75, 3.05) is 19.6 Å². The second kappa shape index (κ2) is 5.37. The van der Waals surface area contributed by atoms with E-state index in [4.69, 9.17) is 5.73 Å². The maximum atomic E-state index is 11.6. The summed E-state index contributed by atoms with van der Waals surface area (Å²) in [6.45, 7) is 1.85. The average molecular weight is 184 g/mol. The molecule has 1 atom stereocenters. The van der Waals surface area contributed by atoms with E-state index in [1.54, 1.807) is 0 Å². The second-order valence-electron chi connectivity index (χ2n) is 2.93. The Hall–Kier alpha value is -0.290. The Morgan fingerprint density at radius 2 is 2.00 bits per heavy atom. The quantitative estimate of drug-likeness (QED) is 0.672. The molecule has 2 nitrogen and oxygen atoms in total. The van der Waals surface area contributed by atoms with E-state index in [1.807, 2.05) is 6.92 Å². The van der Waals surface area contributed by atoms with Crippen LogP contribution in [0.4, 0.5) is 13.2 Å². The van der Waals surface area contributed by atoms with Crippen LogP contribution < -0.4 is 11.1 Å². The fraction of sp³-hybridized carbons (Fsp3) is 1.00. The van der Waals surface area contributed by atoms with E-state index in [9.17, 15) is 13.2 Å². The lowest BCUT2D eigenvalue weighted by Gasteiger charge is -2.12. The minimum Gasteiger partial charge on any atom is -0.330 e. The van der Waals surface area contributed by atoms with Crippen LogP contribution in [0.1, 0.15) is 13.3 Å². The largest absolute Gasteiger partial charge is 0.401 e. The summed E-state index contributed by atoms with van der Waals surface area (Å²) in [6, 6.07) is 0. The van der Waals surface area contributed by atoms with Crippen molar-refractivity contribution in [2.24, 2.45) is 11.7 Å². The molecule has 0 aromatic rings. The van der Waals surface area contributed by atoms with Gasteiger partial charge in [-0.3, -0.25) is 0 Å². The number of halogens is 3. The molecule has 5 heteroatoms. The van der Waals surface area contributed by atoms with Crippen LogP contribution in [-0.2, 0) is 0 Å². The topological polar surface area (TPSA) is 38.0 Å². The van der Waals surface area contributed by atoms with Gasteiger partial charge in [-0.2, -0.15) is 13.2 Å². The lowest BCUT2D eigenvalue weighted by Crippen LogP contribution is -2.32. The first-order chi connectivity index (χ1) is 5.45. The predicted molar refractivity (Wildman–Crippen MR) is 41.8 cm³/mol. The summed E-state index contributed by atoms with van der Waals surface area (Å²) in [5.74, 6) is 0.206. The molecule has 0 saturated carbocycles. The SMILES string of the molecule is CC(CCN)CNCC(F)(F)F. The average Bonchev–Trinajstić information content (AvgIpc) is 1.84. The Balaban J connectivity index is 3.31. The van der Waals surface area contributed by atoms with Gasteiger partial charge in [0.25, 0.3) is 0 Å². The molecule has 3 N–H and O–H groups in total. The molecule has 0 fully saturated rings. The molecule has 74 valence electrons. The number of hydrogen-bond donors (Lipinski definition) is 2. The number of rotatable bonds is 5. The molecule has 0 radical (unpaired) electrons. The van der Waals surface area contributed by atoms with Gasteiger partial charge in [-0.15, -0.1) is 0 Å². The maximum absolute atomic E-state index is 11.6. The number of alkyl halides is 3. The third-order valence-corrected chi connectivity index (χ3v) is 1.48. The van der Waals surface area contributed by atoms with Gasteiger partial charge in [-0.05, 0) is 25.4 Å². The van der Waals surface area contributed by atoms with Crippen LogP contribution in [0.2, 0.25) is 0 Å². The molecule has 0 saturated heterocycles. The first-order valence-corrected chi connectivity index (χ1v) is 3.93. The van der Waals surface area contributed by atoms with Gasteiger partial charge >= 0.3 is 6.18 Å². The Morgan fingerprint density at radius 1 is 1.42 bits per heavy atom. The highest BCUT2D eigenvalue weighted by atomic mass is 19.4. The zero-order chi connectivity index (χ0) is 9.61. The predicted octanol–water partition coefficient (Wildman–Crippen LogP) is 1.12. The van der Waals surface area contributed by atoms with Crippen molar-refractivity contribution in [1.82, 2.24) is 5.32 Å². The van der Waals surface area contributed by atoms with Crippen LogP contribution in [0.5, 0.6) is 0 Å². The molecule has 0 aliphatic rings. The van der Waals surface area contributed by atoms with Crippen LogP contribution in [0, 0.1) is 5.92 Å². The third-order valence-electron chi connectivity index (χ3n) is 1.48. The van der Waals surface area contributed by atoms with Crippen molar-refractivity contribution < 1.29 is 13.2 Å². The molecule has 1 unspecified atom stereocenters. The van der Waals surface area contributed by atoms with Crippen LogP contribution in [0.3, 0.4) is 0 Å². The van der Waals surface area contributed by atoms with Gasteiger partial charge in [0, 0.05) is 0 Å². The van der Waals surface area contributed by atoms with Gasteiger partial charge in [-0.1, -0.05) is 6.92 Å². The minimum absolute atomic E-state index is 0.206. The summed E-state index contributed by atoms with van der Waals surface area (Å²) in [7, 11) is 0. The van der Waals surface area contributed by atoms with Crippen molar-refractivity contribution in [2.45, 2.75) is 19.5 Å². The lowest BCUT2D eigenvalue weighted by atomic mass is 10.1. The fourth-order valence-electron chi connectivity index (χ4n) is 0.847. The summed E-state index contributed by atoms with van der Waals surface area (Å²) in [6.07, 6.45) is -3.35. The molecule has 0 aliphatic heterocycles. The molecule has 0 amide bonds. The maximum Gasteiger partial charge on any atom is 0.401 e. The van der Waals surface area contributed by atoms with Crippen molar-refractivity contribution in [3.05, 3.63) is 0 Å². The number of nitrogens with one attached hydrogen (secondary N) is 1. The van der Waals surface area contributed by atoms with Crippen LogP contribution in [-0.4, -0.2) is 25.8 Å². The van der Waals surface area contributed by atoms with E-state index < -0.39 is 12.7 Å². The smallest absolute Gasteiger partial charge is 0.330 e. The molecule has 0 heterocycles. The van der Waals surface area contributed by atoms with Crippen molar-refractivity contribution in [3.8, 4) is 0 Å². The zero-order valence-electron chi connectivity index (χ0n) is 7.12. The van der Waals surface area contributed by atoms with Gasteiger partial charge < -0.3 is 11.1 Å². The van der Waals surface area contributed by atoms with Crippen molar-refractivity contribution in [1.29, 1.82) is 0 Å². The summed E-state index contributed by atoms with van der Waals surface area (Å²) >= 11 is 0. The van der Waals surface area contributed by atoms with Gasteiger partial charge in [0.05, 0.1) is 6.54 Å². The molecule has 0 aliphatic carbocycles. The van der Waals surface area contributed by atoms with E-state index in [1.165, 1.54) is 0 Å². The first-order valence-electron chi connectivity index (χ1n) is 3.93. The van der Waals surface area contributed by atoms with E-state index in [-0.39, 0.29) is 5.92 Å². The minimum atomic E-state index is -4.11. The summed E-state index contributed by atoms with van der Waals surface area (Å²) in [4.78, 5) is 0. The summed E-state index contributed by atoms with van der Waals surface area (Å²) < 4.78 is 34.8. The van der Waals surface area contributed by atoms with Crippen molar-refractivity contribution >= 4 is 0 Å². The Morgan fingerprint density at radius 3 is 2.42 bits per heavy atom. The van der Waals surface area contributed by atoms with Crippen molar-refractivity contribution in [3.63, 3.8) is 0 Å². The van der Waals surface area contributed by atoms with E-state index >= 15 is 0 Å². The Bertz CT molecular complexity index is 114. The normalized spacial score (nSPS) is 14.8. The first kappa shape index (κ1) is 11.7. The van der Waals surface area contributed by atoms with Gasteiger partial charge in [-0.25, -0.2) is 0 Å². The molecular formula is C7H15F3N2.